The molecule has 0 bridgehead atoms. The molecule has 122 valence electrons. The topological polar surface area (TPSA) is 63.9 Å². The Labute approximate surface area is 130 Å². The maximum Gasteiger partial charge on any atom is 0.223 e. The lowest BCUT2D eigenvalue weighted by molar-refractivity contribution is 0.0319. The van der Waals surface area contributed by atoms with Gasteiger partial charge in [-0.25, -0.2) is 0 Å². The van der Waals surface area contributed by atoms with Crippen LogP contribution in [-0.2, 0) is 22.6 Å². The van der Waals surface area contributed by atoms with Crippen LogP contribution in [0.1, 0.15) is 24.2 Å². The quantitative estimate of drug-likeness (QED) is 0.894. The average Bonchev–Trinajstić information content (AvgIpc) is 3.02. The number of aromatic nitrogens is 1. The minimum Gasteiger partial charge on any atom is -0.503 e. The van der Waals surface area contributed by atoms with Gasteiger partial charge in [-0.3, -0.25) is 9.69 Å². The Kier molecular flexibility index (Phi) is 4.81. The number of nitrogens with zero attached hydrogens (tertiary/aromatic N) is 2. The summed E-state index contributed by atoms with van der Waals surface area (Å²) >= 11 is 0. The van der Waals surface area contributed by atoms with Crippen molar-refractivity contribution in [3.63, 3.8) is 0 Å². The first kappa shape index (κ1) is 15.5. The first-order chi connectivity index (χ1) is 10.6. The number of rotatable bonds is 4. The van der Waals surface area contributed by atoms with Crippen molar-refractivity contribution in [2.75, 3.05) is 32.9 Å². The molecule has 6 heteroatoms. The molecule has 0 spiro atoms. The fraction of sp³-hybridized carbons (Fsp3) is 0.688. The molecule has 0 saturated carbocycles. The highest BCUT2D eigenvalue weighted by Gasteiger charge is 2.22. The van der Waals surface area contributed by atoms with E-state index in [0.29, 0.717) is 32.0 Å². The van der Waals surface area contributed by atoms with Gasteiger partial charge in [-0.2, -0.15) is 0 Å². The van der Waals surface area contributed by atoms with Crippen LogP contribution in [0.3, 0.4) is 0 Å². The van der Waals surface area contributed by atoms with Crippen LogP contribution in [0, 0.1) is 6.92 Å². The summed E-state index contributed by atoms with van der Waals surface area (Å²) < 4.78 is 13.1. The van der Waals surface area contributed by atoms with Gasteiger partial charge >= 0.3 is 0 Å². The summed E-state index contributed by atoms with van der Waals surface area (Å²) in [5.41, 5.74) is 1.27. The van der Waals surface area contributed by atoms with Gasteiger partial charge in [0.15, 0.2) is 5.75 Å². The third-order valence-electron chi connectivity index (χ3n) is 4.49. The summed E-state index contributed by atoms with van der Waals surface area (Å²) in [5, 5.41) is 10.3. The van der Waals surface area contributed by atoms with E-state index >= 15 is 0 Å². The monoisotopic (exact) mass is 308 g/mol. The minimum absolute atomic E-state index is 0.130. The molecule has 1 N–H and O–H groups in total. The van der Waals surface area contributed by atoms with Crippen LogP contribution in [0.2, 0.25) is 0 Å². The Bertz CT molecular complexity index is 572. The van der Waals surface area contributed by atoms with E-state index in [4.69, 9.17) is 9.47 Å². The van der Waals surface area contributed by atoms with Gasteiger partial charge < -0.3 is 19.1 Å². The van der Waals surface area contributed by atoms with Crippen LogP contribution >= 0.6 is 0 Å². The molecule has 3 rings (SSSR count). The smallest absolute Gasteiger partial charge is 0.223 e. The molecule has 0 radical (unpaired) electrons. The third-order valence-corrected chi connectivity index (χ3v) is 4.49. The number of morpholine rings is 1. The van der Waals surface area contributed by atoms with Crippen molar-refractivity contribution < 1.29 is 14.6 Å². The van der Waals surface area contributed by atoms with E-state index in [0.717, 1.165) is 38.2 Å². The number of pyridine rings is 1. The molecular weight excluding hydrogens is 284 g/mol. The Balaban J connectivity index is 1.88. The zero-order valence-corrected chi connectivity index (χ0v) is 13.1. The van der Waals surface area contributed by atoms with E-state index in [-0.39, 0.29) is 17.3 Å². The molecule has 1 aromatic rings. The molecule has 22 heavy (non-hydrogen) atoms. The van der Waals surface area contributed by atoms with Gasteiger partial charge in [0.1, 0.15) is 0 Å². The SMILES string of the molecule is Cc1cc(=O)c(O)c(CN2CCOCC2)n1CC1CCCO1. The van der Waals surface area contributed by atoms with Gasteiger partial charge in [-0.15, -0.1) is 0 Å². The van der Waals surface area contributed by atoms with Crippen molar-refractivity contribution in [1.82, 2.24) is 9.47 Å². The molecule has 2 aliphatic rings. The van der Waals surface area contributed by atoms with E-state index < -0.39 is 0 Å². The predicted molar refractivity (Wildman–Crippen MR) is 82.2 cm³/mol. The van der Waals surface area contributed by atoms with Gasteiger partial charge in [-0.1, -0.05) is 0 Å². The van der Waals surface area contributed by atoms with Gasteiger partial charge in [0, 0.05) is 44.5 Å². The van der Waals surface area contributed by atoms with Gasteiger partial charge in [0.05, 0.1) is 25.0 Å². The van der Waals surface area contributed by atoms with Crippen molar-refractivity contribution >= 4 is 0 Å². The fourth-order valence-corrected chi connectivity index (χ4v) is 3.20. The van der Waals surface area contributed by atoms with Crippen LogP contribution in [0.15, 0.2) is 10.9 Å². The summed E-state index contributed by atoms with van der Waals surface area (Å²) in [4.78, 5) is 14.2. The zero-order chi connectivity index (χ0) is 15.5. The summed E-state index contributed by atoms with van der Waals surface area (Å²) in [6, 6.07) is 1.51. The highest BCUT2D eigenvalue weighted by molar-refractivity contribution is 5.30. The third kappa shape index (κ3) is 3.34. The molecule has 0 aliphatic carbocycles. The summed E-state index contributed by atoms with van der Waals surface area (Å²) in [5.74, 6) is -0.130. The van der Waals surface area contributed by atoms with Crippen LogP contribution in [0.5, 0.6) is 5.75 Å². The Morgan fingerprint density at radius 1 is 1.32 bits per heavy atom. The summed E-state index contributed by atoms with van der Waals surface area (Å²) in [7, 11) is 0. The first-order valence-corrected chi connectivity index (χ1v) is 7.99. The summed E-state index contributed by atoms with van der Waals surface area (Å²) in [6.07, 6.45) is 2.28. The second kappa shape index (κ2) is 6.81. The van der Waals surface area contributed by atoms with Crippen LogP contribution in [0.4, 0.5) is 0 Å². The van der Waals surface area contributed by atoms with Crippen molar-refractivity contribution in [1.29, 1.82) is 0 Å². The highest BCUT2D eigenvalue weighted by Crippen LogP contribution is 2.21. The van der Waals surface area contributed by atoms with Crippen LogP contribution in [-0.4, -0.2) is 53.6 Å². The molecule has 2 aliphatic heterocycles. The first-order valence-electron chi connectivity index (χ1n) is 7.99. The van der Waals surface area contributed by atoms with Crippen molar-refractivity contribution in [2.24, 2.45) is 0 Å². The standard InChI is InChI=1S/C16H24N2O4/c1-12-9-15(19)16(20)14(11-17-4-7-21-8-5-17)18(12)10-13-3-2-6-22-13/h9,13,20H,2-8,10-11H2,1H3. The molecule has 1 atom stereocenters. The van der Waals surface area contributed by atoms with Crippen LogP contribution < -0.4 is 5.43 Å². The molecule has 3 heterocycles. The highest BCUT2D eigenvalue weighted by atomic mass is 16.5. The molecule has 6 nitrogen and oxygen atoms in total. The van der Waals surface area contributed by atoms with Gasteiger partial charge in [-0.05, 0) is 19.8 Å². The van der Waals surface area contributed by atoms with Gasteiger partial charge in [0.2, 0.25) is 5.43 Å². The number of ether oxygens (including phenoxy) is 2. The second-order valence-corrected chi connectivity index (χ2v) is 6.08. The number of hydrogen-bond donors (Lipinski definition) is 1. The maximum atomic E-state index is 12.0. The van der Waals surface area contributed by atoms with E-state index in [1.807, 2.05) is 11.5 Å². The molecule has 1 unspecified atom stereocenters. The van der Waals surface area contributed by atoms with Crippen molar-refractivity contribution in [3.05, 3.63) is 27.7 Å². The molecule has 2 fully saturated rings. The lowest BCUT2D eigenvalue weighted by Crippen LogP contribution is -2.37. The predicted octanol–water partition coefficient (Wildman–Crippen LogP) is 0.874. The molecule has 0 aromatic carbocycles. The maximum absolute atomic E-state index is 12.0. The lowest BCUT2D eigenvalue weighted by atomic mass is 10.2. The normalized spacial score (nSPS) is 23.0. The van der Waals surface area contributed by atoms with E-state index in [1.54, 1.807) is 0 Å². The number of hydrogen-bond acceptors (Lipinski definition) is 5. The Morgan fingerprint density at radius 2 is 2.09 bits per heavy atom. The second-order valence-electron chi connectivity index (χ2n) is 6.08. The number of aromatic hydroxyl groups is 1. The Morgan fingerprint density at radius 3 is 2.77 bits per heavy atom. The van der Waals surface area contributed by atoms with Crippen molar-refractivity contribution in [3.8, 4) is 5.75 Å². The Hall–Kier alpha value is -1.37. The molecule has 1 aromatic heterocycles. The van der Waals surface area contributed by atoms with E-state index in [1.165, 1.54) is 6.07 Å². The lowest BCUT2D eigenvalue weighted by Gasteiger charge is -2.29. The summed E-state index contributed by atoms with van der Waals surface area (Å²) in [6.45, 7) is 7.01. The molecule has 0 amide bonds. The largest absolute Gasteiger partial charge is 0.503 e. The zero-order valence-electron chi connectivity index (χ0n) is 13.1. The minimum atomic E-state index is -0.302. The number of aryl methyl sites for hydroxylation is 1. The van der Waals surface area contributed by atoms with E-state index in [9.17, 15) is 9.90 Å². The van der Waals surface area contributed by atoms with Crippen molar-refractivity contribution in [2.45, 2.75) is 39.0 Å². The van der Waals surface area contributed by atoms with E-state index in [2.05, 4.69) is 4.90 Å². The molecule has 2 saturated heterocycles. The van der Waals surface area contributed by atoms with Crippen LogP contribution in [0.25, 0.3) is 0 Å². The average molecular weight is 308 g/mol. The van der Waals surface area contributed by atoms with Gasteiger partial charge in [0.25, 0.3) is 0 Å². The molecular formula is C16H24N2O4. The fourth-order valence-electron chi connectivity index (χ4n) is 3.20.